The summed E-state index contributed by atoms with van der Waals surface area (Å²) in [5.74, 6) is 0.186. The van der Waals surface area contributed by atoms with Gasteiger partial charge in [-0.15, -0.1) is 0 Å². The first kappa shape index (κ1) is 21.4. The molecule has 0 aromatic heterocycles. The minimum absolute atomic E-state index is 0.0812. The summed E-state index contributed by atoms with van der Waals surface area (Å²) in [6, 6.07) is 18.3. The van der Waals surface area contributed by atoms with Gasteiger partial charge in [0.2, 0.25) is 0 Å². The number of phenolic OH excluding ortho intramolecular Hbond substituents is 1. The summed E-state index contributed by atoms with van der Waals surface area (Å²) in [5, 5.41) is 10.1. The molecule has 0 unspecified atom stereocenters. The van der Waals surface area contributed by atoms with Crippen molar-refractivity contribution in [1.82, 2.24) is 4.90 Å². The molecule has 1 spiro atoms. The second kappa shape index (κ2) is 9.09. The molecule has 30 heavy (non-hydrogen) atoms. The van der Waals surface area contributed by atoms with Crippen LogP contribution in [-0.2, 0) is 15.0 Å². The molecule has 162 valence electrons. The highest BCUT2D eigenvalue weighted by atomic mass is 16.7. The molecular formula is C26H35NO3. The maximum Gasteiger partial charge on any atom is 0.168 e. The number of unbranched alkanes of at least 4 members (excludes halogenated alkanes) is 1. The van der Waals surface area contributed by atoms with Crippen LogP contribution in [0, 0.1) is 0 Å². The molecule has 0 bridgehead atoms. The molecule has 1 aliphatic heterocycles. The fourth-order valence-corrected chi connectivity index (χ4v) is 5.14. The minimum atomic E-state index is -0.461. The summed E-state index contributed by atoms with van der Waals surface area (Å²) in [6.07, 6.45) is 6.03. The Balaban J connectivity index is 1.48. The van der Waals surface area contributed by atoms with Crippen molar-refractivity contribution >= 4 is 0 Å². The van der Waals surface area contributed by atoms with Crippen molar-refractivity contribution in [2.75, 3.05) is 26.8 Å². The molecule has 0 radical (unpaired) electrons. The summed E-state index contributed by atoms with van der Waals surface area (Å²) in [6.45, 7) is 4.72. The lowest BCUT2D eigenvalue weighted by Gasteiger charge is -2.52. The van der Waals surface area contributed by atoms with E-state index in [4.69, 9.17) is 9.47 Å². The van der Waals surface area contributed by atoms with Gasteiger partial charge in [0.05, 0.1) is 13.2 Å². The minimum Gasteiger partial charge on any atom is -0.508 e. The lowest BCUT2D eigenvalue weighted by Crippen LogP contribution is -2.54. The quantitative estimate of drug-likeness (QED) is 0.692. The van der Waals surface area contributed by atoms with E-state index in [0.29, 0.717) is 11.7 Å². The summed E-state index contributed by atoms with van der Waals surface area (Å²) in [5.41, 5.74) is 2.41. The second-order valence-electron chi connectivity index (χ2n) is 9.00. The van der Waals surface area contributed by atoms with Crippen molar-refractivity contribution in [2.24, 2.45) is 0 Å². The average molecular weight is 410 g/mol. The fraction of sp³-hybridized carbons (Fsp3) is 0.538. The summed E-state index contributed by atoms with van der Waals surface area (Å²) in [4.78, 5) is 2.49. The van der Waals surface area contributed by atoms with Crippen LogP contribution in [0.2, 0.25) is 0 Å². The van der Waals surface area contributed by atoms with E-state index in [0.717, 1.165) is 45.4 Å². The largest absolute Gasteiger partial charge is 0.508 e. The van der Waals surface area contributed by atoms with Crippen LogP contribution in [0.25, 0.3) is 0 Å². The maximum atomic E-state index is 10.1. The normalized spacial score (nSPS) is 29.4. The average Bonchev–Trinajstić information content (AvgIpc) is 2.79. The highest BCUT2D eigenvalue weighted by Gasteiger charge is 2.49. The third kappa shape index (κ3) is 4.27. The molecule has 1 saturated carbocycles. The zero-order valence-corrected chi connectivity index (χ0v) is 18.3. The zero-order valence-electron chi connectivity index (χ0n) is 18.3. The van der Waals surface area contributed by atoms with Crippen LogP contribution in [0.1, 0.15) is 62.5 Å². The maximum absolute atomic E-state index is 10.1. The monoisotopic (exact) mass is 409 g/mol. The second-order valence-corrected chi connectivity index (χ2v) is 9.00. The van der Waals surface area contributed by atoms with Crippen molar-refractivity contribution < 1.29 is 14.6 Å². The predicted molar refractivity (Wildman–Crippen MR) is 120 cm³/mol. The Morgan fingerprint density at radius 2 is 1.67 bits per heavy atom. The number of benzene rings is 2. The van der Waals surface area contributed by atoms with Gasteiger partial charge in [0.25, 0.3) is 0 Å². The molecule has 4 heteroatoms. The topological polar surface area (TPSA) is 41.9 Å². The van der Waals surface area contributed by atoms with E-state index in [1.807, 2.05) is 18.2 Å². The first-order chi connectivity index (χ1) is 14.6. The molecule has 2 aromatic rings. The van der Waals surface area contributed by atoms with E-state index in [1.54, 1.807) is 6.07 Å². The Morgan fingerprint density at radius 1 is 0.967 bits per heavy atom. The van der Waals surface area contributed by atoms with Gasteiger partial charge in [-0.25, -0.2) is 0 Å². The van der Waals surface area contributed by atoms with Gasteiger partial charge in [0.15, 0.2) is 5.79 Å². The van der Waals surface area contributed by atoms with Gasteiger partial charge in [0.1, 0.15) is 5.75 Å². The molecule has 1 saturated heterocycles. The molecule has 1 N–H and O–H groups in total. The van der Waals surface area contributed by atoms with E-state index >= 15 is 0 Å². The molecule has 0 amide bonds. The van der Waals surface area contributed by atoms with Crippen molar-refractivity contribution in [3.05, 3.63) is 65.7 Å². The molecule has 4 rings (SSSR count). The zero-order chi connectivity index (χ0) is 21.0. The Bertz CT molecular complexity index is 804. The van der Waals surface area contributed by atoms with Gasteiger partial charge in [0, 0.05) is 24.3 Å². The fourth-order valence-electron chi connectivity index (χ4n) is 5.14. The summed E-state index contributed by atoms with van der Waals surface area (Å²) < 4.78 is 12.8. The van der Waals surface area contributed by atoms with Gasteiger partial charge in [-0.3, -0.25) is 4.90 Å². The number of hydrogen-bond donors (Lipinski definition) is 1. The van der Waals surface area contributed by atoms with Crippen LogP contribution in [0.3, 0.4) is 0 Å². The third-order valence-electron chi connectivity index (χ3n) is 7.17. The number of hydrogen-bond acceptors (Lipinski definition) is 4. The Kier molecular flexibility index (Phi) is 6.47. The number of rotatable bonds is 6. The third-order valence-corrected chi connectivity index (χ3v) is 7.17. The van der Waals surface area contributed by atoms with E-state index in [1.165, 1.54) is 24.0 Å². The van der Waals surface area contributed by atoms with E-state index in [9.17, 15) is 5.11 Å². The van der Waals surface area contributed by atoms with Gasteiger partial charge >= 0.3 is 0 Å². The summed E-state index contributed by atoms with van der Waals surface area (Å²) >= 11 is 0. The molecule has 2 fully saturated rings. The number of ether oxygens (including phenoxy) is 2. The predicted octanol–water partition coefficient (Wildman–Crippen LogP) is 5.42. The first-order valence-electron chi connectivity index (χ1n) is 11.4. The van der Waals surface area contributed by atoms with Crippen LogP contribution in [-0.4, -0.2) is 42.6 Å². The molecule has 2 aliphatic rings. The lowest BCUT2D eigenvalue weighted by molar-refractivity contribution is -0.294. The molecule has 0 atom stereocenters. The number of phenols is 1. The number of nitrogens with zero attached hydrogens (tertiary/aromatic N) is 1. The van der Waals surface area contributed by atoms with Crippen molar-refractivity contribution in [3.8, 4) is 5.75 Å². The molecule has 2 aromatic carbocycles. The van der Waals surface area contributed by atoms with Crippen LogP contribution < -0.4 is 0 Å². The Labute approximate surface area is 180 Å². The van der Waals surface area contributed by atoms with Gasteiger partial charge < -0.3 is 14.6 Å². The van der Waals surface area contributed by atoms with Crippen LogP contribution in [0.4, 0.5) is 0 Å². The highest BCUT2D eigenvalue weighted by Crippen LogP contribution is 2.49. The SMILES string of the molecule is CCCCN(C)C1(c2cccc(O)c2)CCC2(CC1)OCC(c1ccccc1)CO2. The van der Waals surface area contributed by atoms with E-state index < -0.39 is 5.79 Å². The molecule has 1 aliphatic carbocycles. The number of aromatic hydroxyl groups is 1. The Morgan fingerprint density at radius 3 is 2.30 bits per heavy atom. The van der Waals surface area contributed by atoms with Crippen molar-refractivity contribution in [1.29, 1.82) is 0 Å². The first-order valence-corrected chi connectivity index (χ1v) is 11.4. The van der Waals surface area contributed by atoms with Crippen LogP contribution in [0.5, 0.6) is 5.75 Å². The van der Waals surface area contributed by atoms with E-state index in [-0.39, 0.29) is 5.54 Å². The smallest absolute Gasteiger partial charge is 0.168 e. The van der Waals surface area contributed by atoms with Crippen molar-refractivity contribution in [3.63, 3.8) is 0 Å². The standard InChI is InChI=1S/C26H35NO3/c1-3-4-17-27(2)25(23-11-8-12-24(28)18-23)13-15-26(16-14-25)29-19-22(20-30-26)21-9-6-5-7-10-21/h5-12,18,22,28H,3-4,13-17,19-20H2,1-2H3. The molecule has 4 nitrogen and oxygen atoms in total. The molecular weight excluding hydrogens is 374 g/mol. The van der Waals surface area contributed by atoms with Crippen LogP contribution >= 0.6 is 0 Å². The Hall–Kier alpha value is -1.88. The highest BCUT2D eigenvalue weighted by molar-refractivity contribution is 5.33. The molecule has 1 heterocycles. The lowest BCUT2D eigenvalue weighted by atomic mass is 9.72. The van der Waals surface area contributed by atoms with E-state index in [2.05, 4.69) is 49.2 Å². The summed E-state index contributed by atoms with van der Waals surface area (Å²) in [7, 11) is 2.23. The van der Waals surface area contributed by atoms with Gasteiger partial charge in [-0.2, -0.15) is 0 Å². The van der Waals surface area contributed by atoms with Gasteiger partial charge in [-0.1, -0.05) is 55.8 Å². The van der Waals surface area contributed by atoms with Gasteiger partial charge in [-0.05, 0) is 56.1 Å². The van der Waals surface area contributed by atoms with Crippen LogP contribution in [0.15, 0.2) is 54.6 Å². The van der Waals surface area contributed by atoms with Crippen molar-refractivity contribution in [2.45, 2.75) is 62.7 Å².